The van der Waals surface area contributed by atoms with Gasteiger partial charge in [0.2, 0.25) is 0 Å². The maximum Gasteiger partial charge on any atom is 0.116 e. The lowest BCUT2D eigenvalue weighted by Crippen LogP contribution is -2.12. The molecule has 2 nitrogen and oxygen atoms in total. The topological polar surface area (TPSA) is 26.3 Å². The van der Waals surface area contributed by atoms with E-state index in [1.807, 2.05) is 0 Å². The SMILES string of the molecule is CC1CCOCC1.CC=O. The van der Waals surface area contributed by atoms with Gasteiger partial charge in [0, 0.05) is 13.2 Å². The molecule has 0 spiro atoms. The van der Waals surface area contributed by atoms with Crippen LogP contribution in [-0.4, -0.2) is 19.5 Å². The van der Waals surface area contributed by atoms with E-state index < -0.39 is 0 Å². The summed E-state index contributed by atoms with van der Waals surface area (Å²) in [7, 11) is 0. The van der Waals surface area contributed by atoms with E-state index in [0.717, 1.165) is 25.4 Å². The summed E-state index contributed by atoms with van der Waals surface area (Å²) < 4.78 is 5.14. The first kappa shape index (κ1) is 9.63. The lowest BCUT2D eigenvalue weighted by atomic mass is 10.0. The number of hydrogen-bond acceptors (Lipinski definition) is 2. The molecule has 0 atom stereocenters. The van der Waals surface area contributed by atoms with Crippen molar-refractivity contribution in [1.29, 1.82) is 0 Å². The smallest absolute Gasteiger partial charge is 0.116 e. The van der Waals surface area contributed by atoms with Gasteiger partial charge in [-0.15, -0.1) is 0 Å². The van der Waals surface area contributed by atoms with Gasteiger partial charge in [0.15, 0.2) is 0 Å². The Labute approximate surface area is 62.6 Å². The predicted molar refractivity (Wildman–Crippen MR) is 41.0 cm³/mol. The zero-order valence-corrected chi connectivity index (χ0v) is 6.80. The number of carbonyl (C=O) groups excluding carboxylic acids is 1. The fourth-order valence-electron chi connectivity index (χ4n) is 0.815. The van der Waals surface area contributed by atoms with E-state index in [1.54, 1.807) is 0 Å². The molecule has 0 aliphatic carbocycles. The van der Waals surface area contributed by atoms with E-state index in [9.17, 15) is 0 Å². The Hall–Kier alpha value is -0.370. The molecule has 0 aromatic rings. The van der Waals surface area contributed by atoms with Gasteiger partial charge < -0.3 is 9.53 Å². The van der Waals surface area contributed by atoms with Crippen molar-refractivity contribution < 1.29 is 9.53 Å². The lowest BCUT2D eigenvalue weighted by Gasteiger charge is -2.16. The van der Waals surface area contributed by atoms with Gasteiger partial charge in [-0.3, -0.25) is 0 Å². The van der Waals surface area contributed by atoms with E-state index in [4.69, 9.17) is 9.53 Å². The van der Waals surface area contributed by atoms with Gasteiger partial charge in [0.05, 0.1) is 0 Å². The Morgan fingerprint density at radius 3 is 2.00 bits per heavy atom. The predicted octanol–water partition coefficient (Wildman–Crippen LogP) is 1.64. The molecule has 0 radical (unpaired) electrons. The van der Waals surface area contributed by atoms with Gasteiger partial charge in [-0.2, -0.15) is 0 Å². The molecule has 0 aromatic carbocycles. The highest BCUT2D eigenvalue weighted by atomic mass is 16.5. The van der Waals surface area contributed by atoms with Crippen LogP contribution >= 0.6 is 0 Å². The Morgan fingerprint density at radius 2 is 1.80 bits per heavy atom. The van der Waals surface area contributed by atoms with Gasteiger partial charge in [0.1, 0.15) is 6.29 Å². The van der Waals surface area contributed by atoms with Crippen molar-refractivity contribution in [2.24, 2.45) is 5.92 Å². The summed E-state index contributed by atoms with van der Waals surface area (Å²) in [6.45, 7) is 5.70. The molecular formula is C8H16O2. The lowest BCUT2D eigenvalue weighted by molar-refractivity contribution is -0.106. The standard InChI is InChI=1S/C6H12O.C2H4O/c1-6-2-4-7-5-3-6;1-2-3/h6H,2-5H2,1H3;2H,1H3. The van der Waals surface area contributed by atoms with E-state index in [-0.39, 0.29) is 0 Å². The van der Waals surface area contributed by atoms with Crippen LogP contribution in [0.3, 0.4) is 0 Å². The molecule has 1 aliphatic heterocycles. The summed E-state index contributed by atoms with van der Waals surface area (Å²) in [4.78, 5) is 8.81. The first-order valence-corrected chi connectivity index (χ1v) is 3.78. The molecule has 60 valence electrons. The molecule has 0 amide bonds. The van der Waals surface area contributed by atoms with Crippen molar-refractivity contribution in [1.82, 2.24) is 0 Å². The summed E-state index contributed by atoms with van der Waals surface area (Å²) in [5, 5.41) is 0. The Balaban J connectivity index is 0.000000236. The minimum absolute atomic E-state index is 0.750. The average Bonchev–Trinajstić information content (AvgIpc) is 1.91. The minimum atomic E-state index is 0.750. The third kappa shape index (κ3) is 5.76. The quantitative estimate of drug-likeness (QED) is 0.483. The average molecular weight is 144 g/mol. The highest BCUT2D eigenvalue weighted by Crippen LogP contribution is 2.11. The second kappa shape index (κ2) is 6.75. The highest BCUT2D eigenvalue weighted by molar-refractivity contribution is 5.44. The minimum Gasteiger partial charge on any atom is -0.381 e. The summed E-state index contributed by atoms with van der Waals surface area (Å²) >= 11 is 0. The molecule has 0 bridgehead atoms. The van der Waals surface area contributed by atoms with Gasteiger partial charge in [-0.25, -0.2) is 0 Å². The van der Waals surface area contributed by atoms with Gasteiger partial charge >= 0.3 is 0 Å². The van der Waals surface area contributed by atoms with Gasteiger partial charge in [-0.05, 0) is 25.7 Å². The second-order valence-electron chi connectivity index (χ2n) is 2.53. The number of ether oxygens (including phenoxy) is 1. The summed E-state index contributed by atoms with van der Waals surface area (Å²) in [5.41, 5.74) is 0. The van der Waals surface area contributed by atoms with Crippen LogP contribution < -0.4 is 0 Å². The summed E-state index contributed by atoms with van der Waals surface area (Å²) in [5.74, 6) is 0.911. The number of rotatable bonds is 0. The molecule has 0 N–H and O–H groups in total. The van der Waals surface area contributed by atoms with Crippen LogP contribution in [0.1, 0.15) is 26.7 Å². The molecule has 1 fully saturated rings. The molecule has 0 unspecified atom stereocenters. The third-order valence-corrected chi connectivity index (χ3v) is 1.51. The van der Waals surface area contributed by atoms with Gasteiger partial charge in [-0.1, -0.05) is 6.92 Å². The van der Waals surface area contributed by atoms with E-state index in [1.165, 1.54) is 19.8 Å². The van der Waals surface area contributed by atoms with Crippen LogP contribution in [0.2, 0.25) is 0 Å². The molecule has 0 saturated carbocycles. The maximum absolute atomic E-state index is 8.81. The fraction of sp³-hybridized carbons (Fsp3) is 0.875. The van der Waals surface area contributed by atoms with Crippen molar-refractivity contribution in [2.45, 2.75) is 26.7 Å². The first-order valence-electron chi connectivity index (χ1n) is 3.78. The Bertz CT molecular complexity index is 75.3. The third-order valence-electron chi connectivity index (χ3n) is 1.51. The zero-order chi connectivity index (χ0) is 7.82. The van der Waals surface area contributed by atoms with Crippen LogP contribution in [0, 0.1) is 5.92 Å². The van der Waals surface area contributed by atoms with Crippen molar-refractivity contribution in [3.05, 3.63) is 0 Å². The van der Waals surface area contributed by atoms with Crippen molar-refractivity contribution in [3.63, 3.8) is 0 Å². The second-order valence-corrected chi connectivity index (χ2v) is 2.53. The Morgan fingerprint density at radius 1 is 1.40 bits per heavy atom. The molecule has 1 aliphatic rings. The fourth-order valence-corrected chi connectivity index (χ4v) is 0.815. The van der Waals surface area contributed by atoms with Crippen LogP contribution in [0.15, 0.2) is 0 Å². The van der Waals surface area contributed by atoms with Crippen LogP contribution in [-0.2, 0) is 9.53 Å². The van der Waals surface area contributed by atoms with Crippen molar-refractivity contribution in [3.8, 4) is 0 Å². The maximum atomic E-state index is 8.81. The van der Waals surface area contributed by atoms with Gasteiger partial charge in [0.25, 0.3) is 0 Å². The first-order chi connectivity index (χ1) is 4.81. The summed E-state index contributed by atoms with van der Waals surface area (Å²) in [6, 6.07) is 0. The molecule has 1 rings (SSSR count). The number of hydrogen-bond donors (Lipinski definition) is 0. The number of carbonyl (C=O) groups is 1. The van der Waals surface area contributed by atoms with E-state index >= 15 is 0 Å². The Kier molecular flexibility index (Phi) is 6.50. The zero-order valence-electron chi connectivity index (χ0n) is 6.80. The van der Waals surface area contributed by atoms with Crippen molar-refractivity contribution in [2.75, 3.05) is 13.2 Å². The molecule has 2 heteroatoms. The van der Waals surface area contributed by atoms with E-state index in [2.05, 4.69) is 6.92 Å². The highest BCUT2D eigenvalue weighted by Gasteiger charge is 2.06. The molecule has 10 heavy (non-hydrogen) atoms. The number of aldehydes is 1. The van der Waals surface area contributed by atoms with Crippen molar-refractivity contribution >= 4 is 6.29 Å². The molecule has 0 aromatic heterocycles. The normalized spacial score (nSPS) is 19.0. The molecule has 1 heterocycles. The summed E-state index contributed by atoms with van der Waals surface area (Å²) in [6.07, 6.45) is 3.28. The monoisotopic (exact) mass is 144 g/mol. The van der Waals surface area contributed by atoms with E-state index in [0.29, 0.717) is 0 Å². The van der Waals surface area contributed by atoms with Crippen LogP contribution in [0.25, 0.3) is 0 Å². The van der Waals surface area contributed by atoms with Crippen LogP contribution in [0.5, 0.6) is 0 Å². The molecule has 1 saturated heterocycles. The van der Waals surface area contributed by atoms with Crippen LogP contribution in [0.4, 0.5) is 0 Å². The molecular weight excluding hydrogens is 128 g/mol. The largest absolute Gasteiger partial charge is 0.381 e.